The number of carbonyl (C=O) groups excluding carboxylic acids is 2. The molecule has 0 atom stereocenters. The summed E-state index contributed by atoms with van der Waals surface area (Å²) in [6, 6.07) is 24.7. The average Bonchev–Trinajstić information content (AvgIpc) is 3.51. The van der Waals surface area contributed by atoms with Gasteiger partial charge in [0, 0.05) is 27.9 Å². The zero-order valence-corrected chi connectivity index (χ0v) is 28.7. The fraction of sp³-hybridized carbons (Fsp3) is 0.143. The molecule has 0 saturated heterocycles. The molecule has 5 rings (SSSR count). The maximum absolute atomic E-state index is 12.7. The summed E-state index contributed by atoms with van der Waals surface area (Å²) < 4.78 is 12.1. The van der Waals surface area contributed by atoms with E-state index in [2.05, 4.69) is 55.7 Å². The van der Waals surface area contributed by atoms with Gasteiger partial charge in [0.1, 0.15) is 0 Å². The molecule has 2 amide bonds. The Hall–Kier alpha value is -4.75. The number of carbonyl (C=O) groups is 2. The lowest BCUT2D eigenvalue weighted by Crippen LogP contribution is -2.21. The lowest BCUT2D eigenvalue weighted by molar-refractivity contribution is -0.118. The van der Waals surface area contributed by atoms with Crippen molar-refractivity contribution in [3.05, 3.63) is 116 Å². The minimum absolute atomic E-state index is 0.185. The largest absolute Gasteiger partial charge is 0.493 e. The van der Waals surface area contributed by atoms with Crippen LogP contribution in [-0.4, -0.2) is 36.7 Å². The second kappa shape index (κ2) is 15.0. The molecule has 1 heterocycles. The Morgan fingerprint density at radius 3 is 2.43 bits per heavy atom. The normalized spacial score (nSPS) is 10.9. The molecule has 0 spiro atoms. The van der Waals surface area contributed by atoms with E-state index in [1.807, 2.05) is 79.9 Å². The highest BCUT2D eigenvalue weighted by molar-refractivity contribution is 14.1. The quantitative estimate of drug-likeness (QED) is 0.0721. The number of halogens is 1. The molecule has 5 aromatic rings. The molecule has 0 aliphatic heterocycles. The minimum Gasteiger partial charge on any atom is -0.493 e. The number of ether oxygens (including phenoxy) is 2. The third kappa shape index (κ3) is 8.49. The van der Waals surface area contributed by atoms with Crippen LogP contribution < -0.4 is 25.5 Å². The highest BCUT2D eigenvalue weighted by atomic mass is 127. The standard InChI is InChI=1S/C35H32IN5O4S/c1-21-6-13-27(14-7-21)38-35-40-30(20-46-35)25-9-11-26(12-10-25)34(43)41-37-18-24-16-28(36)33(31(17-24)44-4)45-19-32(42)39-29-15-22(2)5-8-23(29)3/h5-18,20H,19H2,1-4H3,(H,38,40)(H,39,42)(H,41,43)/b37-18+. The molecule has 234 valence electrons. The highest BCUT2D eigenvalue weighted by Gasteiger charge is 2.14. The topological polar surface area (TPSA) is 114 Å². The molecule has 0 aliphatic carbocycles. The predicted molar refractivity (Wildman–Crippen MR) is 193 cm³/mol. The summed E-state index contributed by atoms with van der Waals surface area (Å²) in [4.78, 5) is 30.0. The van der Waals surface area contributed by atoms with E-state index in [0.717, 1.165) is 42.5 Å². The molecule has 1 aromatic heterocycles. The molecule has 0 unspecified atom stereocenters. The van der Waals surface area contributed by atoms with Crippen LogP contribution in [0.15, 0.2) is 89.3 Å². The molecule has 0 radical (unpaired) electrons. The van der Waals surface area contributed by atoms with Crippen LogP contribution in [0.5, 0.6) is 11.5 Å². The number of anilines is 3. The summed E-state index contributed by atoms with van der Waals surface area (Å²) in [5.74, 6) is 0.256. The van der Waals surface area contributed by atoms with Crippen molar-refractivity contribution in [1.29, 1.82) is 0 Å². The van der Waals surface area contributed by atoms with Gasteiger partial charge in [-0.05, 0) is 103 Å². The SMILES string of the molecule is COc1cc(/C=N/NC(=O)c2ccc(-c3csc(Nc4ccc(C)cc4)n3)cc2)cc(I)c1OCC(=O)Nc1cc(C)ccc1C. The monoisotopic (exact) mass is 745 g/mol. The van der Waals surface area contributed by atoms with Crippen molar-refractivity contribution in [2.24, 2.45) is 5.10 Å². The fourth-order valence-electron chi connectivity index (χ4n) is 4.40. The van der Waals surface area contributed by atoms with Gasteiger partial charge in [-0.3, -0.25) is 9.59 Å². The number of methoxy groups -OCH3 is 1. The van der Waals surface area contributed by atoms with Crippen LogP contribution in [0.25, 0.3) is 11.3 Å². The molecular weight excluding hydrogens is 713 g/mol. The number of benzene rings is 4. The average molecular weight is 746 g/mol. The number of hydrogen-bond donors (Lipinski definition) is 3. The zero-order valence-electron chi connectivity index (χ0n) is 25.7. The van der Waals surface area contributed by atoms with Crippen molar-refractivity contribution >= 4 is 68.5 Å². The van der Waals surface area contributed by atoms with Gasteiger partial charge >= 0.3 is 0 Å². The number of aromatic nitrogens is 1. The first-order chi connectivity index (χ1) is 22.2. The third-order valence-electron chi connectivity index (χ3n) is 6.90. The van der Waals surface area contributed by atoms with E-state index >= 15 is 0 Å². The van der Waals surface area contributed by atoms with E-state index in [0.29, 0.717) is 22.6 Å². The first-order valence-corrected chi connectivity index (χ1v) is 16.2. The van der Waals surface area contributed by atoms with Gasteiger partial charge in [0.05, 0.1) is 22.6 Å². The third-order valence-corrected chi connectivity index (χ3v) is 8.46. The summed E-state index contributed by atoms with van der Waals surface area (Å²) in [5, 5.41) is 13.1. The lowest BCUT2D eigenvalue weighted by atomic mass is 10.1. The number of amides is 2. The molecule has 0 fully saturated rings. The summed E-state index contributed by atoms with van der Waals surface area (Å²) in [6.45, 7) is 5.77. The second-order valence-corrected chi connectivity index (χ2v) is 12.5. The van der Waals surface area contributed by atoms with Crippen LogP contribution in [-0.2, 0) is 4.79 Å². The molecule has 46 heavy (non-hydrogen) atoms. The van der Waals surface area contributed by atoms with Gasteiger partial charge in [-0.15, -0.1) is 11.3 Å². The zero-order chi connectivity index (χ0) is 32.6. The van der Waals surface area contributed by atoms with Crippen molar-refractivity contribution < 1.29 is 19.1 Å². The van der Waals surface area contributed by atoms with Crippen molar-refractivity contribution in [3.63, 3.8) is 0 Å². The summed E-state index contributed by atoms with van der Waals surface area (Å²) in [5.41, 5.74) is 10.4. The Kier molecular flexibility index (Phi) is 10.7. The van der Waals surface area contributed by atoms with Crippen LogP contribution in [0.2, 0.25) is 0 Å². The van der Waals surface area contributed by atoms with Crippen molar-refractivity contribution in [1.82, 2.24) is 10.4 Å². The van der Waals surface area contributed by atoms with Crippen LogP contribution >= 0.6 is 33.9 Å². The maximum Gasteiger partial charge on any atom is 0.271 e. The summed E-state index contributed by atoms with van der Waals surface area (Å²) in [7, 11) is 1.52. The van der Waals surface area contributed by atoms with Crippen LogP contribution in [0, 0.1) is 24.3 Å². The maximum atomic E-state index is 12.7. The predicted octanol–water partition coefficient (Wildman–Crippen LogP) is 7.87. The van der Waals surface area contributed by atoms with Gasteiger partial charge in [0.15, 0.2) is 23.2 Å². The van der Waals surface area contributed by atoms with E-state index in [1.54, 1.807) is 18.2 Å². The lowest BCUT2D eigenvalue weighted by Gasteiger charge is -2.14. The van der Waals surface area contributed by atoms with Crippen molar-refractivity contribution in [3.8, 4) is 22.8 Å². The number of hydrazone groups is 1. The first-order valence-electron chi connectivity index (χ1n) is 14.3. The van der Waals surface area contributed by atoms with Gasteiger partial charge in [-0.2, -0.15) is 5.10 Å². The van der Waals surface area contributed by atoms with E-state index < -0.39 is 0 Å². The molecule has 9 nitrogen and oxygen atoms in total. The number of thiazole rings is 1. The molecule has 4 aromatic carbocycles. The Labute approximate surface area is 285 Å². The van der Waals surface area contributed by atoms with Crippen molar-refractivity contribution in [2.45, 2.75) is 20.8 Å². The molecular formula is C35H32IN5O4S. The molecule has 0 saturated carbocycles. The van der Waals surface area contributed by atoms with Gasteiger partial charge in [0.2, 0.25) is 0 Å². The molecule has 0 aliphatic rings. The van der Waals surface area contributed by atoms with Gasteiger partial charge in [0.25, 0.3) is 11.8 Å². The smallest absolute Gasteiger partial charge is 0.271 e. The van der Waals surface area contributed by atoms with Gasteiger partial charge in [-0.25, -0.2) is 10.4 Å². The Morgan fingerprint density at radius 2 is 1.70 bits per heavy atom. The first kappa shape index (κ1) is 32.6. The highest BCUT2D eigenvalue weighted by Crippen LogP contribution is 2.34. The number of rotatable bonds is 11. The van der Waals surface area contributed by atoms with Crippen LogP contribution in [0.1, 0.15) is 32.6 Å². The molecule has 11 heteroatoms. The van der Waals surface area contributed by atoms with E-state index in [-0.39, 0.29) is 18.4 Å². The van der Waals surface area contributed by atoms with Gasteiger partial charge in [-0.1, -0.05) is 42.0 Å². The van der Waals surface area contributed by atoms with Crippen LogP contribution in [0.3, 0.4) is 0 Å². The van der Waals surface area contributed by atoms with Gasteiger partial charge < -0.3 is 20.1 Å². The summed E-state index contributed by atoms with van der Waals surface area (Å²) >= 11 is 3.63. The molecule has 0 bridgehead atoms. The van der Waals surface area contributed by atoms with E-state index in [4.69, 9.17) is 9.47 Å². The Balaban J connectivity index is 1.16. The van der Waals surface area contributed by atoms with E-state index in [1.165, 1.54) is 30.2 Å². The van der Waals surface area contributed by atoms with Crippen molar-refractivity contribution in [2.75, 3.05) is 24.4 Å². The number of aryl methyl sites for hydroxylation is 3. The van der Waals surface area contributed by atoms with E-state index in [9.17, 15) is 9.59 Å². The summed E-state index contributed by atoms with van der Waals surface area (Å²) in [6.07, 6.45) is 1.52. The minimum atomic E-state index is -0.348. The Morgan fingerprint density at radius 1 is 0.957 bits per heavy atom. The number of nitrogens with one attached hydrogen (secondary N) is 3. The number of nitrogens with zero attached hydrogens (tertiary/aromatic N) is 2. The van der Waals surface area contributed by atoms with Crippen LogP contribution in [0.4, 0.5) is 16.5 Å². The second-order valence-electron chi connectivity index (χ2n) is 10.5. The Bertz CT molecular complexity index is 1890. The number of hydrogen-bond acceptors (Lipinski definition) is 8. The molecule has 3 N–H and O–H groups in total. The fourth-order valence-corrected chi connectivity index (χ4v) is 5.92.